The van der Waals surface area contributed by atoms with Crippen molar-refractivity contribution in [3.8, 4) is 0 Å². The number of esters is 1. The molecule has 0 aromatic rings. The first-order chi connectivity index (χ1) is 6.63. The van der Waals surface area contributed by atoms with Crippen LogP contribution in [0.4, 0.5) is 0 Å². The molecule has 5 nitrogen and oxygen atoms in total. The highest BCUT2D eigenvalue weighted by atomic mass is 16.7. The van der Waals surface area contributed by atoms with E-state index in [4.69, 9.17) is 18.9 Å². The van der Waals surface area contributed by atoms with E-state index in [1.165, 1.54) is 6.92 Å². The molecule has 5 heteroatoms. The third-order valence-electron chi connectivity index (χ3n) is 2.50. The zero-order valence-electron chi connectivity index (χ0n) is 8.43. The second-order valence-electron chi connectivity index (χ2n) is 3.58. The van der Waals surface area contributed by atoms with Gasteiger partial charge in [-0.25, -0.2) is 0 Å². The number of hydrogen-bond donors (Lipinski definition) is 0. The molecule has 0 aromatic heterocycles. The maximum Gasteiger partial charge on any atom is 0.303 e. The van der Waals surface area contributed by atoms with Crippen molar-refractivity contribution in [1.29, 1.82) is 0 Å². The monoisotopic (exact) mass is 202 g/mol. The molecule has 0 amide bonds. The van der Waals surface area contributed by atoms with E-state index in [1.54, 1.807) is 7.11 Å². The van der Waals surface area contributed by atoms with Crippen LogP contribution in [0.15, 0.2) is 0 Å². The molecule has 2 fully saturated rings. The van der Waals surface area contributed by atoms with Crippen molar-refractivity contribution in [2.24, 2.45) is 0 Å². The molecule has 2 aliphatic heterocycles. The van der Waals surface area contributed by atoms with E-state index < -0.39 is 0 Å². The van der Waals surface area contributed by atoms with E-state index in [0.717, 1.165) is 0 Å². The van der Waals surface area contributed by atoms with Crippen molar-refractivity contribution < 1.29 is 23.7 Å². The molecule has 0 bridgehead atoms. The van der Waals surface area contributed by atoms with Crippen molar-refractivity contribution >= 4 is 5.97 Å². The minimum atomic E-state index is -0.332. The fourth-order valence-corrected chi connectivity index (χ4v) is 1.80. The lowest BCUT2D eigenvalue weighted by molar-refractivity contribution is -0.204. The number of fused-ring (bicyclic) bond motifs is 1. The van der Waals surface area contributed by atoms with E-state index >= 15 is 0 Å². The summed E-state index contributed by atoms with van der Waals surface area (Å²) in [4.78, 5) is 10.8. The van der Waals surface area contributed by atoms with Crippen LogP contribution in [0.25, 0.3) is 0 Å². The van der Waals surface area contributed by atoms with E-state index in [-0.39, 0.29) is 36.7 Å². The zero-order chi connectivity index (χ0) is 10.3. The number of rotatable bonds is 2. The maximum absolute atomic E-state index is 10.8. The summed E-state index contributed by atoms with van der Waals surface area (Å²) in [6.07, 6.45) is -0.966. The van der Waals surface area contributed by atoms with Gasteiger partial charge in [0.05, 0.1) is 6.10 Å². The van der Waals surface area contributed by atoms with Gasteiger partial charge in [-0.2, -0.15) is 0 Å². The summed E-state index contributed by atoms with van der Waals surface area (Å²) in [5.41, 5.74) is 0. The molecule has 2 heterocycles. The molecule has 2 saturated heterocycles. The lowest BCUT2D eigenvalue weighted by Crippen LogP contribution is -2.46. The van der Waals surface area contributed by atoms with Crippen LogP contribution in [0.1, 0.15) is 13.8 Å². The summed E-state index contributed by atoms with van der Waals surface area (Å²) in [6, 6.07) is 0. The van der Waals surface area contributed by atoms with Gasteiger partial charge in [0.2, 0.25) is 0 Å². The summed E-state index contributed by atoms with van der Waals surface area (Å²) in [5.74, 6) is -0.310. The van der Waals surface area contributed by atoms with Crippen molar-refractivity contribution in [1.82, 2.24) is 0 Å². The smallest absolute Gasteiger partial charge is 0.303 e. The van der Waals surface area contributed by atoms with Crippen LogP contribution < -0.4 is 0 Å². The van der Waals surface area contributed by atoms with E-state index in [0.29, 0.717) is 0 Å². The van der Waals surface area contributed by atoms with Gasteiger partial charge < -0.3 is 18.9 Å². The molecule has 2 rings (SSSR count). The van der Waals surface area contributed by atoms with Crippen molar-refractivity contribution in [3.63, 3.8) is 0 Å². The van der Waals surface area contributed by atoms with E-state index in [9.17, 15) is 4.79 Å². The van der Waals surface area contributed by atoms with Gasteiger partial charge in [-0.3, -0.25) is 4.79 Å². The number of carbonyl (C=O) groups is 1. The minimum absolute atomic E-state index is 0.0624. The van der Waals surface area contributed by atoms with Crippen molar-refractivity contribution in [3.05, 3.63) is 0 Å². The summed E-state index contributed by atoms with van der Waals surface area (Å²) >= 11 is 0. The third kappa shape index (κ3) is 1.63. The second-order valence-corrected chi connectivity index (χ2v) is 3.58. The molecular weight excluding hydrogens is 188 g/mol. The first kappa shape index (κ1) is 9.89. The molecule has 14 heavy (non-hydrogen) atoms. The van der Waals surface area contributed by atoms with Gasteiger partial charge in [-0.05, 0) is 6.92 Å². The SMILES string of the molecule is CO[C@H]1O[C@H](C)[C@H](OC(C)=O)[C@H]2O[C@@H]12. The average molecular weight is 202 g/mol. The van der Waals surface area contributed by atoms with Crippen molar-refractivity contribution in [2.75, 3.05) is 7.11 Å². The number of hydrogen-bond acceptors (Lipinski definition) is 5. The Morgan fingerprint density at radius 2 is 2.00 bits per heavy atom. The standard InChI is InChI=1S/C9H14O5/c1-4-6(13-5(2)10)7-8(14-7)9(11-3)12-4/h4,6-9H,1-3H3/t4-,6+,7-,8-,9+/m1/s1. The second kappa shape index (κ2) is 3.49. The first-order valence-electron chi connectivity index (χ1n) is 4.64. The molecule has 2 aliphatic rings. The maximum atomic E-state index is 10.8. The molecule has 0 aromatic carbocycles. The van der Waals surface area contributed by atoms with Gasteiger partial charge in [-0.1, -0.05) is 0 Å². The predicted octanol–water partition coefficient (Wildman–Crippen LogP) is 0.0767. The Morgan fingerprint density at radius 3 is 2.57 bits per heavy atom. The van der Waals surface area contributed by atoms with Crippen LogP contribution in [0.2, 0.25) is 0 Å². The number of epoxide rings is 1. The Balaban J connectivity index is 1.98. The molecule has 5 atom stereocenters. The lowest BCUT2D eigenvalue weighted by Gasteiger charge is -2.29. The van der Waals surface area contributed by atoms with Crippen LogP contribution in [0, 0.1) is 0 Å². The van der Waals surface area contributed by atoms with Crippen LogP contribution >= 0.6 is 0 Å². The Morgan fingerprint density at radius 1 is 1.29 bits per heavy atom. The molecule has 0 aliphatic carbocycles. The average Bonchev–Trinajstić information content (AvgIpc) is 2.88. The van der Waals surface area contributed by atoms with Gasteiger partial charge in [0.1, 0.15) is 12.2 Å². The quantitative estimate of drug-likeness (QED) is 0.468. The van der Waals surface area contributed by atoms with Gasteiger partial charge in [0.25, 0.3) is 0 Å². The molecule has 0 radical (unpaired) electrons. The Kier molecular flexibility index (Phi) is 2.47. The lowest BCUT2D eigenvalue weighted by atomic mass is 10.1. The van der Waals surface area contributed by atoms with Gasteiger partial charge in [0.15, 0.2) is 12.4 Å². The van der Waals surface area contributed by atoms with Gasteiger partial charge in [0, 0.05) is 14.0 Å². The highest BCUT2D eigenvalue weighted by molar-refractivity contribution is 5.66. The fourth-order valence-electron chi connectivity index (χ4n) is 1.80. The Hall–Kier alpha value is -0.650. The highest BCUT2D eigenvalue weighted by Crippen LogP contribution is 2.39. The summed E-state index contributed by atoms with van der Waals surface area (Å²) < 4.78 is 21.0. The van der Waals surface area contributed by atoms with Crippen LogP contribution in [-0.4, -0.2) is 43.8 Å². The van der Waals surface area contributed by atoms with Crippen LogP contribution in [0.3, 0.4) is 0 Å². The molecule has 0 saturated carbocycles. The largest absolute Gasteiger partial charge is 0.457 e. The molecule has 0 spiro atoms. The molecule has 80 valence electrons. The number of methoxy groups -OCH3 is 1. The zero-order valence-corrected chi connectivity index (χ0v) is 8.43. The third-order valence-corrected chi connectivity index (χ3v) is 2.50. The summed E-state index contributed by atoms with van der Waals surface area (Å²) in [7, 11) is 1.57. The summed E-state index contributed by atoms with van der Waals surface area (Å²) in [5, 5.41) is 0. The van der Waals surface area contributed by atoms with E-state index in [2.05, 4.69) is 0 Å². The highest BCUT2D eigenvalue weighted by Gasteiger charge is 2.58. The van der Waals surface area contributed by atoms with E-state index in [1.807, 2.05) is 6.92 Å². The fraction of sp³-hybridized carbons (Fsp3) is 0.889. The first-order valence-corrected chi connectivity index (χ1v) is 4.64. The summed E-state index contributed by atoms with van der Waals surface area (Å²) in [6.45, 7) is 3.23. The Labute approximate surface area is 82.3 Å². The topological polar surface area (TPSA) is 57.3 Å². The molecule has 0 unspecified atom stereocenters. The predicted molar refractivity (Wildman–Crippen MR) is 45.6 cm³/mol. The molecule has 0 N–H and O–H groups in total. The van der Waals surface area contributed by atoms with Crippen LogP contribution in [0.5, 0.6) is 0 Å². The van der Waals surface area contributed by atoms with Gasteiger partial charge in [-0.15, -0.1) is 0 Å². The number of carbonyl (C=O) groups excluding carboxylic acids is 1. The normalized spacial score (nSPS) is 45.5. The Bertz CT molecular complexity index is 239. The van der Waals surface area contributed by atoms with Crippen molar-refractivity contribution in [2.45, 2.75) is 44.6 Å². The minimum Gasteiger partial charge on any atom is -0.457 e. The molecular formula is C9H14O5. The van der Waals surface area contributed by atoms with Crippen LogP contribution in [-0.2, 0) is 23.7 Å². The van der Waals surface area contributed by atoms with Gasteiger partial charge >= 0.3 is 5.97 Å². The number of ether oxygens (including phenoxy) is 4.